The van der Waals surface area contributed by atoms with E-state index >= 15 is 0 Å². The molecule has 0 aliphatic carbocycles. The molecule has 1 unspecified atom stereocenters. The van der Waals surface area contributed by atoms with Crippen molar-refractivity contribution in [1.82, 2.24) is 5.32 Å². The van der Waals surface area contributed by atoms with Gasteiger partial charge in [-0.3, -0.25) is 14.9 Å². The Hall–Kier alpha value is -3.21. The fourth-order valence-corrected chi connectivity index (χ4v) is 1.72. The van der Waals surface area contributed by atoms with Gasteiger partial charge in [0.2, 0.25) is 0 Å². The number of ether oxygens (including phenoxy) is 1. The minimum atomic E-state index is -1.05. The number of benzene rings is 1. The van der Waals surface area contributed by atoms with Gasteiger partial charge in [0.05, 0.1) is 11.0 Å². The van der Waals surface area contributed by atoms with Crippen molar-refractivity contribution in [1.29, 1.82) is 5.26 Å². The Balaban J connectivity index is 2.58. The summed E-state index contributed by atoms with van der Waals surface area (Å²) in [6, 6.07) is 7.73. The normalized spacial score (nSPS) is 13.1. The van der Waals surface area contributed by atoms with Crippen LogP contribution >= 0.6 is 0 Å². The molecule has 0 spiro atoms. The Morgan fingerprint density at radius 3 is 2.72 bits per heavy atom. The standard InChI is InChI=1S/C17H19N3O5/c1-12(2)17(3,11-18)19-15(21)10-25-16(22)8-7-13-5-4-6-14(9-13)20(23)24/h4-9,12H,10H2,1-3H3,(H,19,21). The summed E-state index contributed by atoms with van der Waals surface area (Å²) in [7, 11) is 0. The average Bonchev–Trinajstić information content (AvgIpc) is 2.58. The van der Waals surface area contributed by atoms with Crippen molar-refractivity contribution in [2.45, 2.75) is 26.3 Å². The van der Waals surface area contributed by atoms with Gasteiger partial charge in [0.1, 0.15) is 5.54 Å². The van der Waals surface area contributed by atoms with Crippen molar-refractivity contribution >= 4 is 23.6 Å². The van der Waals surface area contributed by atoms with E-state index in [1.165, 1.54) is 24.3 Å². The molecule has 0 saturated carbocycles. The smallest absolute Gasteiger partial charge is 0.331 e. The van der Waals surface area contributed by atoms with E-state index in [1.807, 2.05) is 6.07 Å². The molecule has 1 amide bonds. The third-order valence-electron chi connectivity index (χ3n) is 3.62. The highest BCUT2D eigenvalue weighted by Gasteiger charge is 2.30. The number of hydrogen-bond donors (Lipinski definition) is 1. The highest BCUT2D eigenvalue weighted by Crippen LogP contribution is 2.15. The molecule has 0 heterocycles. The summed E-state index contributed by atoms with van der Waals surface area (Å²) in [4.78, 5) is 33.5. The van der Waals surface area contributed by atoms with Crippen LogP contribution in [0.4, 0.5) is 5.69 Å². The van der Waals surface area contributed by atoms with Crippen LogP contribution in [-0.2, 0) is 14.3 Å². The van der Waals surface area contributed by atoms with Gasteiger partial charge >= 0.3 is 5.97 Å². The lowest BCUT2D eigenvalue weighted by atomic mass is 9.90. The molecule has 0 saturated heterocycles. The van der Waals surface area contributed by atoms with Crippen molar-refractivity contribution in [3.8, 4) is 6.07 Å². The Kier molecular flexibility index (Phi) is 6.81. The van der Waals surface area contributed by atoms with Crippen LogP contribution in [0.1, 0.15) is 26.3 Å². The summed E-state index contributed by atoms with van der Waals surface area (Å²) in [6.45, 7) is 4.64. The summed E-state index contributed by atoms with van der Waals surface area (Å²) >= 11 is 0. The van der Waals surface area contributed by atoms with Crippen LogP contribution in [0.25, 0.3) is 6.08 Å². The molecule has 1 rings (SSSR count). The summed E-state index contributed by atoms with van der Waals surface area (Å²) in [6.07, 6.45) is 2.42. The summed E-state index contributed by atoms with van der Waals surface area (Å²) < 4.78 is 4.79. The molecule has 1 aromatic carbocycles. The maximum Gasteiger partial charge on any atom is 0.331 e. The van der Waals surface area contributed by atoms with Crippen molar-refractivity contribution < 1.29 is 19.2 Å². The van der Waals surface area contributed by atoms with Crippen molar-refractivity contribution in [3.63, 3.8) is 0 Å². The van der Waals surface area contributed by atoms with Crippen LogP contribution in [0.5, 0.6) is 0 Å². The largest absolute Gasteiger partial charge is 0.452 e. The molecule has 1 N–H and O–H groups in total. The number of carbonyl (C=O) groups excluding carboxylic acids is 2. The fraction of sp³-hybridized carbons (Fsp3) is 0.353. The van der Waals surface area contributed by atoms with E-state index in [0.29, 0.717) is 5.56 Å². The van der Waals surface area contributed by atoms with Crippen LogP contribution in [0.2, 0.25) is 0 Å². The van der Waals surface area contributed by atoms with Gasteiger partial charge in [-0.25, -0.2) is 4.79 Å². The number of esters is 1. The van der Waals surface area contributed by atoms with Gasteiger partial charge in [-0.1, -0.05) is 26.0 Å². The van der Waals surface area contributed by atoms with Gasteiger partial charge in [0.25, 0.3) is 11.6 Å². The Bertz CT molecular complexity index is 736. The summed E-state index contributed by atoms with van der Waals surface area (Å²) in [5.74, 6) is -1.48. The monoisotopic (exact) mass is 345 g/mol. The molecular formula is C17H19N3O5. The summed E-state index contributed by atoms with van der Waals surface area (Å²) in [5.41, 5.74) is -0.700. The molecule has 0 aliphatic heterocycles. The first-order chi connectivity index (χ1) is 11.7. The number of nitro benzene ring substituents is 1. The number of amides is 1. The SMILES string of the molecule is CC(C)C(C)(C#N)NC(=O)COC(=O)C=Cc1cccc([N+](=O)[O-])c1. The van der Waals surface area contributed by atoms with Crippen LogP contribution in [-0.4, -0.2) is 28.9 Å². The van der Waals surface area contributed by atoms with E-state index in [-0.39, 0.29) is 11.6 Å². The van der Waals surface area contributed by atoms with Crippen molar-refractivity contribution in [2.75, 3.05) is 6.61 Å². The molecule has 8 nitrogen and oxygen atoms in total. The molecule has 8 heteroatoms. The molecule has 0 bridgehead atoms. The van der Waals surface area contributed by atoms with E-state index in [4.69, 9.17) is 10.00 Å². The molecule has 1 atom stereocenters. The van der Waals surface area contributed by atoms with E-state index in [2.05, 4.69) is 5.32 Å². The minimum Gasteiger partial charge on any atom is -0.452 e. The van der Waals surface area contributed by atoms with Crippen LogP contribution in [0.15, 0.2) is 30.3 Å². The first-order valence-electron chi connectivity index (χ1n) is 7.49. The maximum absolute atomic E-state index is 11.8. The lowest BCUT2D eigenvalue weighted by Crippen LogP contribution is -2.50. The lowest BCUT2D eigenvalue weighted by molar-refractivity contribution is -0.384. The molecule has 132 valence electrons. The third-order valence-corrected chi connectivity index (χ3v) is 3.62. The number of carbonyl (C=O) groups is 2. The van der Waals surface area contributed by atoms with Gasteiger partial charge in [0.15, 0.2) is 6.61 Å². The Morgan fingerprint density at radius 2 is 2.16 bits per heavy atom. The first kappa shape index (κ1) is 19.8. The molecule has 1 aromatic rings. The van der Waals surface area contributed by atoms with E-state index in [1.54, 1.807) is 26.8 Å². The number of nitrogens with one attached hydrogen (secondary N) is 1. The number of non-ortho nitro benzene ring substituents is 1. The second-order valence-electron chi connectivity index (χ2n) is 5.81. The number of rotatable bonds is 7. The highest BCUT2D eigenvalue weighted by atomic mass is 16.6. The minimum absolute atomic E-state index is 0.0978. The van der Waals surface area contributed by atoms with Crippen molar-refractivity contribution in [3.05, 3.63) is 46.0 Å². The van der Waals surface area contributed by atoms with Crippen LogP contribution < -0.4 is 5.32 Å². The lowest BCUT2D eigenvalue weighted by Gasteiger charge is -2.27. The highest BCUT2D eigenvalue weighted by molar-refractivity contribution is 5.89. The average molecular weight is 345 g/mol. The van der Waals surface area contributed by atoms with E-state index < -0.39 is 28.9 Å². The summed E-state index contributed by atoms with van der Waals surface area (Å²) in [5, 5.41) is 22.3. The van der Waals surface area contributed by atoms with Gasteiger partial charge in [-0.15, -0.1) is 0 Å². The molecule has 25 heavy (non-hydrogen) atoms. The third kappa shape index (κ3) is 6.06. The number of nitro groups is 1. The van der Waals surface area contributed by atoms with Gasteiger partial charge in [-0.05, 0) is 24.5 Å². The molecule has 0 fully saturated rings. The van der Waals surface area contributed by atoms with E-state index in [0.717, 1.165) is 6.08 Å². The molecular weight excluding hydrogens is 326 g/mol. The van der Waals surface area contributed by atoms with Gasteiger partial charge in [0, 0.05) is 18.2 Å². The second kappa shape index (κ2) is 8.59. The Morgan fingerprint density at radius 1 is 1.48 bits per heavy atom. The number of nitrogens with zero attached hydrogens (tertiary/aromatic N) is 2. The van der Waals surface area contributed by atoms with Crippen LogP contribution in [0.3, 0.4) is 0 Å². The number of hydrogen-bond acceptors (Lipinski definition) is 6. The zero-order valence-electron chi connectivity index (χ0n) is 14.2. The quantitative estimate of drug-likeness (QED) is 0.350. The molecule has 0 radical (unpaired) electrons. The van der Waals surface area contributed by atoms with Crippen LogP contribution in [0, 0.1) is 27.4 Å². The predicted molar refractivity (Wildman–Crippen MR) is 90.1 cm³/mol. The fourth-order valence-electron chi connectivity index (χ4n) is 1.72. The first-order valence-corrected chi connectivity index (χ1v) is 7.49. The zero-order chi connectivity index (χ0) is 19.0. The Labute approximate surface area is 145 Å². The zero-order valence-corrected chi connectivity index (χ0v) is 14.2. The molecule has 0 aromatic heterocycles. The van der Waals surface area contributed by atoms with Gasteiger partial charge < -0.3 is 10.1 Å². The van der Waals surface area contributed by atoms with E-state index in [9.17, 15) is 19.7 Å². The maximum atomic E-state index is 11.8. The van der Waals surface area contributed by atoms with Crippen molar-refractivity contribution in [2.24, 2.45) is 5.92 Å². The predicted octanol–water partition coefficient (Wildman–Crippen LogP) is 2.21. The topological polar surface area (TPSA) is 122 Å². The van der Waals surface area contributed by atoms with Gasteiger partial charge in [-0.2, -0.15) is 5.26 Å². The second-order valence-corrected chi connectivity index (χ2v) is 5.81. The number of nitriles is 1. The molecule has 0 aliphatic rings.